The van der Waals surface area contributed by atoms with Crippen molar-refractivity contribution in [2.45, 2.75) is 63.5 Å². The quantitative estimate of drug-likeness (QED) is 0.723. The number of ether oxygens (including phenoxy) is 1. The minimum Gasteiger partial charge on any atom is -0.374 e. The standard InChI is InChI=1S/C18H25F4NO/c1-11(2)24-17-8-5-12(9-16(17)23(3)4)14-10-13(18(20,21)22)6-7-15(14)19/h6-7,10-12,16-17H,5,8-9H2,1-4H3/t12-,16-,17-/m0/s1. The Labute approximate surface area is 140 Å². The van der Waals surface area contributed by atoms with Gasteiger partial charge in [0.15, 0.2) is 0 Å². The predicted octanol–water partition coefficient (Wildman–Crippen LogP) is 4.84. The van der Waals surface area contributed by atoms with Crippen LogP contribution in [0.4, 0.5) is 17.6 Å². The summed E-state index contributed by atoms with van der Waals surface area (Å²) in [6.07, 6.45) is -2.44. The maximum Gasteiger partial charge on any atom is 0.416 e. The second-order valence-electron chi connectivity index (χ2n) is 7.00. The molecule has 1 aromatic rings. The summed E-state index contributed by atoms with van der Waals surface area (Å²) in [5.41, 5.74) is -0.625. The van der Waals surface area contributed by atoms with Crippen molar-refractivity contribution in [3.63, 3.8) is 0 Å². The van der Waals surface area contributed by atoms with Gasteiger partial charge in [-0.15, -0.1) is 0 Å². The molecule has 0 aromatic heterocycles. The molecule has 0 aliphatic heterocycles. The van der Waals surface area contributed by atoms with Gasteiger partial charge in [-0.3, -0.25) is 0 Å². The summed E-state index contributed by atoms with van der Waals surface area (Å²) in [4.78, 5) is 2.02. The lowest BCUT2D eigenvalue weighted by Gasteiger charge is -2.40. The molecule has 1 fully saturated rings. The smallest absolute Gasteiger partial charge is 0.374 e. The lowest BCUT2D eigenvalue weighted by atomic mass is 9.78. The molecule has 0 spiro atoms. The van der Waals surface area contributed by atoms with Gasteiger partial charge in [-0.05, 0) is 76.9 Å². The Balaban J connectivity index is 2.24. The second-order valence-corrected chi connectivity index (χ2v) is 7.00. The summed E-state index contributed by atoms with van der Waals surface area (Å²) in [5.74, 6) is -0.791. The highest BCUT2D eigenvalue weighted by Gasteiger charge is 2.36. The Morgan fingerprint density at radius 1 is 1.17 bits per heavy atom. The topological polar surface area (TPSA) is 12.5 Å². The van der Waals surface area contributed by atoms with E-state index in [4.69, 9.17) is 4.74 Å². The van der Waals surface area contributed by atoms with Crippen LogP contribution in [0.5, 0.6) is 0 Å². The minimum absolute atomic E-state index is 0.0186. The van der Waals surface area contributed by atoms with E-state index in [1.54, 1.807) is 0 Å². The monoisotopic (exact) mass is 347 g/mol. The van der Waals surface area contributed by atoms with Gasteiger partial charge in [-0.1, -0.05) is 0 Å². The van der Waals surface area contributed by atoms with Gasteiger partial charge in [0.1, 0.15) is 5.82 Å². The lowest BCUT2D eigenvalue weighted by Crippen LogP contribution is -2.45. The predicted molar refractivity (Wildman–Crippen MR) is 85.5 cm³/mol. The van der Waals surface area contributed by atoms with Gasteiger partial charge in [0.25, 0.3) is 0 Å². The summed E-state index contributed by atoms with van der Waals surface area (Å²) >= 11 is 0. The van der Waals surface area contributed by atoms with E-state index in [0.717, 1.165) is 18.2 Å². The fourth-order valence-electron chi connectivity index (χ4n) is 3.49. The molecule has 1 aliphatic rings. The van der Waals surface area contributed by atoms with Crippen molar-refractivity contribution in [3.8, 4) is 0 Å². The zero-order valence-electron chi connectivity index (χ0n) is 14.5. The molecule has 1 saturated carbocycles. The summed E-state index contributed by atoms with van der Waals surface area (Å²) in [7, 11) is 3.85. The molecule has 0 amide bonds. The fraction of sp³-hybridized carbons (Fsp3) is 0.667. The number of nitrogens with zero attached hydrogens (tertiary/aromatic N) is 1. The highest BCUT2D eigenvalue weighted by molar-refractivity contribution is 5.30. The van der Waals surface area contributed by atoms with Crippen molar-refractivity contribution in [3.05, 3.63) is 35.1 Å². The largest absolute Gasteiger partial charge is 0.416 e. The van der Waals surface area contributed by atoms with Crippen molar-refractivity contribution in [1.82, 2.24) is 4.90 Å². The summed E-state index contributed by atoms with van der Waals surface area (Å²) in [6.45, 7) is 3.93. The van der Waals surface area contributed by atoms with Gasteiger partial charge < -0.3 is 9.64 Å². The van der Waals surface area contributed by atoms with E-state index in [9.17, 15) is 17.6 Å². The summed E-state index contributed by atoms with van der Waals surface area (Å²) < 4.78 is 58.9. The number of benzene rings is 1. The van der Waals surface area contributed by atoms with E-state index in [1.807, 2.05) is 32.8 Å². The SMILES string of the molecule is CC(C)O[C@H]1CC[C@H](c2cc(C(F)(F)F)ccc2F)C[C@@H]1N(C)C. The third-order valence-electron chi connectivity index (χ3n) is 4.63. The molecule has 3 atom stereocenters. The van der Waals surface area contributed by atoms with Gasteiger partial charge >= 0.3 is 6.18 Å². The van der Waals surface area contributed by atoms with Crippen molar-refractivity contribution >= 4 is 0 Å². The van der Waals surface area contributed by atoms with E-state index in [0.29, 0.717) is 19.3 Å². The van der Waals surface area contributed by atoms with Gasteiger partial charge in [0.2, 0.25) is 0 Å². The Hall–Kier alpha value is -1.14. The van der Waals surface area contributed by atoms with Gasteiger partial charge in [-0.2, -0.15) is 13.2 Å². The first-order valence-corrected chi connectivity index (χ1v) is 8.28. The van der Waals surface area contributed by atoms with E-state index in [1.165, 1.54) is 0 Å². The van der Waals surface area contributed by atoms with Gasteiger partial charge in [0, 0.05) is 6.04 Å². The van der Waals surface area contributed by atoms with Crippen LogP contribution in [0, 0.1) is 5.82 Å². The Morgan fingerprint density at radius 2 is 1.83 bits per heavy atom. The summed E-state index contributed by atoms with van der Waals surface area (Å²) in [5, 5.41) is 0. The van der Waals surface area contributed by atoms with E-state index in [2.05, 4.69) is 0 Å². The molecule has 0 unspecified atom stereocenters. The average Bonchev–Trinajstić information content (AvgIpc) is 2.46. The van der Waals surface area contributed by atoms with E-state index in [-0.39, 0.29) is 29.7 Å². The zero-order chi connectivity index (χ0) is 18.1. The van der Waals surface area contributed by atoms with Crippen molar-refractivity contribution in [2.75, 3.05) is 14.1 Å². The van der Waals surface area contributed by atoms with Crippen LogP contribution in [-0.2, 0) is 10.9 Å². The molecule has 6 heteroatoms. The van der Waals surface area contributed by atoms with Crippen molar-refractivity contribution < 1.29 is 22.3 Å². The molecule has 1 aliphatic carbocycles. The van der Waals surface area contributed by atoms with Crippen molar-refractivity contribution in [2.24, 2.45) is 0 Å². The maximum atomic E-state index is 14.2. The number of alkyl halides is 3. The van der Waals surface area contributed by atoms with Crippen LogP contribution in [0.25, 0.3) is 0 Å². The van der Waals surface area contributed by atoms with Crippen LogP contribution in [0.1, 0.15) is 50.2 Å². The molecule has 136 valence electrons. The highest BCUT2D eigenvalue weighted by atomic mass is 19.4. The third kappa shape index (κ3) is 4.48. The first-order valence-electron chi connectivity index (χ1n) is 8.28. The van der Waals surface area contributed by atoms with Crippen LogP contribution in [0.15, 0.2) is 18.2 Å². The number of likely N-dealkylation sites (N-methyl/N-ethyl adjacent to an activating group) is 1. The Morgan fingerprint density at radius 3 is 2.38 bits per heavy atom. The lowest BCUT2D eigenvalue weighted by molar-refractivity contribution is -0.137. The van der Waals surface area contributed by atoms with Crippen LogP contribution >= 0.6 is 0 Å². The number of rotatable bonds is 4. The van der Waals surface area contributed by atoms with Gasteiger partial charge in [0.05, 0.1) is 17.8 Å². The Bertz CT molecular complexity index is 556. The fourth-order valence-corrected chi connectivity index (χ4v) is 3.49. The van der Waals surface area contributed by atoms with Crippen LogP contribution in [0.3, 0.4) is 0 Å². The van der Waals surface area contributed by atoms with Crippen LogP contribution < -0.4 is 0 Å². The van der Waals surface area contributed by atoms with Crippen LogP contribution in [-0.4, -0.2) is 37.2 Å². The molecule has 0 N–H and O–H groups in total. The van der Waals surface area contributed by atoms with Gasteiger partial charge in [-0.25, -0.2) is 4.39 Å². The number of halogens is 4. The second kappa shape index (κ2) is 7.40. The number of hydrogen-bond donors (Lipinski definition) is 0. The molecule has 0 heterocycles. The summed E-state index contributed by atoms with van der Waals surface area (Å²) in [6, 6.07) is 2.76. The molecular weight excluding hydrogens is 322 g/mol. The maximum absolute atomic E-state index is 14.2. The molecule has 0 bridgehead atoms. The molecule has 2 nitrogen and oxygen atoms in total. The van der Waals surface area contributed by atoms with E-state index >= 15 is 0 Å². The molecular formula is C18H25F4NO. The first-order chi connectivity index (χ1) is 11.1. The average molecular weight is 347 g/mol. The normalized spacial score (nSPS) is 25.5. The molecule has 0 radical (unpaired) electrons. The zero-order valence-corrected chi connectivity index (χ0v) is 14.5. The Kier molecular flexibility index (Phi) is 5.91. The number of hydrogen-bond acceptors (Lipinski definition) is 2. The minimum atomic E-state index is -4.46. The molecule has 0 saturated heterocycles. The molecule has 1 aromatic carbocycles. The molecule has 24 heavy (non-hydrogen) atoms. The van der Waals surface area contributed by atoms with Crippen molar-refractivity contribution in [1.29, 1.82) is 0 Å². The van der Waals surface area contributed by atoms with Crippen LogP contribution in [0.2, 0.25) is 0 Å². The third-order valence-corrected chi connectivity index (χ3v) is 4.63. The molecule has 2 rings (SSSR count). The first kappa shape index (κ1) is 19.2. The highest BCUT2D eigenvalue weighted by Crippen LogP contribution is 2.39. The van der Waals surface area contributed by atoms with E-state index < -0.39 is 17.6 Å².